The standard InChI is InChI=1S/C14H24N6OS2.C2H6/c1-22-19-10-7-5-9(6-8-10)11-3-2-4-12(23(17)21)13(11)14(15)18-20-16;1-2/h2-4,9-10,19-20H,5-8,16-17H2,1H3,(H2,15,18);1-2H3. The number of nitrogens with zero attached hydrogens (tertiary/aromatic N) is 1. The van der Waals surface area contributed by atoms with E-state index in [-0.39, 0.29) is 5.84 Å². The van der Waals surface area contributed by atoms with Crippen molar-refractivity contribution < 1.29 is 4.21 Å². The number of hydrogen-bond donors (Lipinski definition) is 5. The molecule has 1 aromatic carbocycles. The van der Waals surface area contributed by atoms with Crippen molar-refractivity contribution in [3.63, 3.8) is 0 Å². The zero-order valence-electron chi connectivity index (χ0n) is 15.1. The second-order valence-corrected chi connectivity index (χ2v) is 7.19. The van der Waals surface area contributed by atoms with Crippen LogP contribution in [0.2, 0.25) is 0 Å². The molecule has 0 heterocycles. The lowest BCUT2D eigenvalue weighted by Gasteiger charge is -2.30. The summed E-state index contributed by atoms with van der Waals surface area (Å²) in [7, 11) is -1.63. The summed E-state index contributed by atoms with van der Waals surface area (Å²) in [5.41, 5.74) is 9.91. The third-order valence-electron chi connectivity index (χ3n) is 4.17. The van der Waals surface area contributed by atoms with Crippen LogP contribution < -0.4 is 27.0 Å². The number of nitrogens with two attached hydrogens (primary N) is 3. The van der Waals surface area contributed by atoms with Crippen molar-refractivity contribution in [2.75, 3.05) is 6.26 Å². The van der Waals surface area contributed by atoms with E-state index in [0.29, 0.717) is 22.4 Å². The summed E-state index contributed by atoms with van der Waals surface area (Å²) >= 11 is 1.66. The third kappa shape index (κ3) is 5.96. The first kappa shape index (κ1) is 21.9. The molecule has 1 saturated carbocycles. The summed E-state index contributed by atoms with van der Waals surface area (Å²) in [6, 6.07) is 6.13. The predicted molar refractivity (Wildman–Crippen MR) is 108 cm³/mol. The molecule has 9 heteroatoms. The fourth-order valence-electron chi connectivity index (χ4n) is 3.14. The van der Waals surface area contributed by atoms with Gasteiger partial charge in [-0.1, -0.05) is 37.9 Å². The Morgan fingerprint density at radius 3 is 2.44 bits per heavy atom. The zero-order chi connectivity index (χ0) is 18.8. The van der Waals surface area contributed by atoms with E-state index in [1.807, 2.05) is 32.2 Å². The highest BCUT2D eigenvalue weighted by Gasteiger charge is 2.26. The van der Waals surface area contributed by atoms with Gasteiger partial charge in [-0.25, -0.2) is 20.7 Å². The van der Waals surface area contributed by atoms with E-state index in [9.17, 15) is 4.21 Å². The lowest BCUT2D eigenvalue weighted by molar-refractivity contribution is 0.381. The topological polar surface area (TPSA) is 132 Å². The summed E-state index contributed by atoms with van der Waals surface area (Å²) in [5, 5.41) is 9.46. The van der Waals surface area contributed by atoms with Crippen LogP contribution in [0, 0.1) is 0 Å². The molecule has 7 nitrogen and oxygen atoms in total. The van der Waals surface area contributed by atoms with Crippen molar-refractivity contribution in [1.29, 1.82) is 0 Å². The van der Waals surface area contributed by atoms with Gasteiger partial charge in [0.05, 0.1) is 4.90 Å². The molecule has 0 saturated heterocycles. The van der Waals surface area contributed by atoms with Crippen molar-refractivity contribution in [2.45, 2.75) is 56.4 Å². The van der Waals surface area contributed by atoms with Gasteiger partial charge in [-0.05, 0) is 49.5 Å². The van der Waals surface area contributed by atoms with E-state index in [1.54, 1.807) is 18.0 Å². The van der Waals surface area contributed by atoms with Crippen LogP contribution in [0.5, 0.6) is 0 Å². The Hall–Kier alpha value is -1.13. The van der Waals surface area contributed by atoms with Crippen molar-refractivity contribution in [1.82, 2.24) is 10.3 Å². The van der Waals surface area contributed by atoms with Gasteiger partial charge in [-0.2, -0.15) is 0 Å². The molecule has 1 fully saturated rings. The zero-order valence-corrected chi connectivity index (χ0v) is 16.8. The van der Waals surface area contributed by atoms with E-state index in [2.05, 4.69) is 15.4 Å². The first-order valence-electron chi connectivity index (χ1n) is 8.45. The van der Waals surface area contributed by atoms with Gasteiger partial charge >= 0.3 is 0 Å². The van der Waals surface area contributed by atoms with Gasteiger partial charge in [0, 0.05) is 11.6 Å². The van der Waals surface area contributed by atoms with E-state index >= 15 is 0 Å². The lowest BCUT2D eigenvalue weighted by Crippen LogP contribution is -2.30. The van der Waals surface area contributed by atoms with Crippen molar-refractivity contribution in [2.24, 2.45) is 21.8 Å². The Labute approximate surface area is 157 Å². The van der Waals surface area contributed by atoms with Crippen LogP contribution in [-0.2, 0) is 11.0 Å². The van der Waals surface area contributed by atoms with Crippen LogP contribution >= 0.6 is 11.9 Å². The fraction of sp³-hybridized carbons (Fsp3) is 0.562. The molecule has 1 aliphatic rings. The molecule has 2 rings (SSSR count). The van der Waals surface area contributed by atoms with E-state index < -0.39 is 11.0 Å². The van der Waals surface area contributed by atoms with Crippen LogP contribution in [0.25, 0.3) is 0 Å². The Morgan fingerprint density at radius 1 is 1.28 bits per heavy atom. The molecule has 1 aliphatic carbocycles. The fourth-order valence-corrected chi connectivity index (χ4v) is 4.35. The quantitative estimate of drug-likeness (QED) is 0.166. The minimum atomic E-state index is -1.63. The van der Waals surface area contributed by atoms with Gasteiger partial charge in [-0.3, -0.25) is 4.72 Å². The second-order valence-electron chi connectivity index (χ2n) is 5.51. The first-order chi connectivity index (χ1) is 12.1. The number of hydrazone groups is 1. The molecule has 142 valence electrons. The molecular formula is C16H30N6OS2. The minimum Gasteiger partial charge on any atom is -0.382 e. The highest BCUT2D eigenvalue weighted by molar-refractivity contribution is 7.96. The lowest BCUT2D eigenvalue weighted by atomic mass is 9.80. The van der Waals surface area contributed by atoms with E-state index in [0.717, 1.165) is 31.2 Å². The number of hydrogen-bond acceptors (Lipinski definition) is 6. The summed E-state index contributed by atoms with van der Waals surface area (Å²) in [4.78, 5) is 0.489. The molecule has 1 atom stereocenters. The smallest absolute Gasteiger partial charge is 0.153 e. The number of nitrogens with one attached hydrogen (secondary N) is 2. The van der Waals surface area contributed by atoms with Crippen LogP contribution in [0.15, 0.2) is 28.2 Å². The third-order valence-corrected chi connectivity index (χ3v) is 5.51. The minimum absolute atomic E-state index is 0.210. The molecule has 1 unspecified atom stereocenters. The Morgan fingerprint density at radius 2 is 1.92 bits per heavy atom. The molecule has 0 amide bonds. The van der Waals surface area contributed by atoms with Gasteiger partial charge < -0.3 is 5.73 Å². The largest absolute Gasteiger partial charge is 0.382 e. The van der Waals surface area contributed by atoms with Gasteiger partial charge in [0.2, 0.25) is 0 Å². The van der Waals surface area contributed by atoms with E-state index in [1.165, 1.54) is 0 Å². The van der Waals surface area contributed by atoms with Crippen LogP contribution in [-0.4, -0.2) is 22.3 Å². The highest BCUT2D eigenvalue weighted by Crippen LogP contribution is 2.36. The SMILES string of the molecule is CC.CSNC1CCC(c2cccc(S(N)=O)c2/C(N)=N/NN)CC1. The normalized spacial score (nSPS) is 21.9. The molecule has 0 spiro atoms. The number of benzene rings is 1. The molecule has 0 bridgehead atoms. The maximum atomic E-state index is 11.9. The summed E-state index contributed by atoms with van der Waals surface area (Å²) in [5.74, 6) is 5.79. The van der Waals surface area contributed by atoms with Crippen molar-refractivity contribution in [3.05, 3.63) is 29.3 Å². The molecular weight excluding hydrogens is 356 g/mol. The van der Waals surface area contributed by atoms with E-state index in [4.69, 9.17) is 16.7 Å². The van der Waals surface area contributed by atoms with Crippen molar-refractivity contribution >= 4 is 28.8 Å². The number of rotatable bonds is 6. The van der Waals surface area contributed by atoms with Gasteiger partial charge in [-0.15, -0.1) is 5.10 Å². The number of hydrazine groups is 1. The molecule has 25 heavy (non-hydrogen) atoms. The summed E-state index contributed by atoms with van der Waals surface area (Å²) in [6.45, 7) is 4.00. The van der Waals surface area contributed by atoms with Crippen molar-refractivity contribution in [3.8, 4) is 0 Å². The average Bonchev–Trinajstić information content (AvgIpc) is 2.64. The monoisotopic (exact) mass is 386 g/mol. The maximum Gasteiger partial charge on any atom is 0.153 e. The average molecular weight is 387 g/mol. The predicted octanol–water partition coefficient (Wildman–Crippen LogP) is 1.67. The van der Waals surface area contributed by atoms with Crippen LogP contribution in [0.1, 0.15) is 56.6 Å². The highest BCUT2D eigenvalue weighted by atomic mass is 32.2. The molecule has 0 radical (unpaired) electrons. The maximum absolute atomic E-state index is 11.9. The second kappa shape index (κ2) is 11.5. The Bertz CT molecular complexity index is 588. The van der Waals surface area contributed by atoms with Gasteiger partial charge in [0.1, 0.15) is 11.0 Å². The summed E-state index contributed by atoms with van der Waals surface area (Å²) in [6.07, 6.45) is 6.30. The van der Waals surface area contributed by atoms with Gasteiger partial charge in [0.25, 0.3) is 0 Å². The van der Waals surface area contributed by atoms with Crippen LogP contribution in [0.4, 0.5) is 0 Å². The molecule has 0 aromatic heterocycles. The van der Waals surface area contributed by atoms with Gasteiger partial charge in [0.15, 0.2) is 5.84 Å². The number of amidine groups is 1. The Kier molecular flexibility index (Phi) is 10.1. The summed E-state index contributed by atoms with van der Waals surface area (Å²) < 4.78 is 15.3. The first-order valence-corrected chi connectivity index (χ1v) is 10.9. The Balaban J connectivity index is 0.00000151. The molecule has 1 aromatic rings. The molecule has 8 N–H and O–H groups in total. The van der Waals surface area contributed by atoms with Crippen LogP contribution in [0.3, 0.4) is 0 Å². The molecule has 0 aliphatic heterocycles.